The summed E-state index contributed by atoms with van der Waals surface area (Å²) in [5.74, 6) is 0.404. The van der Waals surface area contributed by atoms with Crippen LogP contribution in [-0.2, 0) is 17.3 Å². The Morgan fingerprint density at radius 2 is 1.96 bits per heavy atom. The lowest BCUT2D eigenvalue weighted by Gasteiger charge is -2.20. The summed E-state index contributed by atoms with van der Waals surface area (Å²) in [4.78, 5) is 8.16. The lowest BCUT2D eigenvalue weighted by Crippen LogP contribution is -2.30. The summed E-state index contributed by atoms with van der Waals surface area (Å²) in [6.07, 6.45) is -0.151. The summed E-state index contributed by atoms with van der Waals surface area (Å²) in [5.41, 5.74) is 0.763. The van der Waals surface area contributed by atoms with Crippen molar-refractivity contribution in [2.75, 3.05) is 18.5 Å². The lowest BCUT2D eigenvalue weighted by molar-refractivity contribution is -0.137. The molecule has 0 aromatic carbocycles. The van der Waals surface area contributed by atoms with Crippen LogP contribution in [0.5, 0.6) is 0 Å². The minimum Gasteiger partial charge on any atom is -0.379 e. The van der Waals surface area contributed by atoms with Crippen molar-refractivity contribution < 1.29 is 17.9 Å². The van der Waals surface area contributed by atoms with Crippen molar-refractivity contribution in [3.63, 3.8) is 0 Å². The van der Waals surface area contributed by atoms with Gasteiger partial charge in [-0.15, -0.1) is 0 Å². The van der Waals surface area contributed by atoms with Crippen LogP contribution in [0.15, 0.2) is 36.7 Å². The van der Waals surface area contributed by atoms with E-state index in [1.54, 1.807) is 19.3 Å². The Labute approximate surface area is 138 Å². The minimum absolute atomic E-state index is 0.0754. The third-order valence-electron chi connectivity index (χ3n) is 4.06. The van der Waals surface area contributed by atoms with Crippen molar-refractivity contribution in [2.45, 2.75) is 25.6 Å². The maximum Gasteiger partial charge on any atom is 0.416 e. The Kier molecular flexibility index (Phi) is 4.71. The zero-order valence-electron chi connectivity index (χ0n) is 13.2. The molecule has 2 atom stereocenters. The second kappa shape index (κ2) is 6.76. The Balaban J connectivity index is 1.74. The molecule has 1 aliphatic heterocycles. The van der Waals surface area contributed by atoms with E-state index in [1.807, 2.05) is 12.1 Å². The number of nitrogens with zero attached hydrogens (tertiary/aromatic N) is 2. The first-order chi connectivity index (χ1) is 11.4. The number of halogens is 3. The van der Waals surface area contributed by atoms with Gasteiger partial charge in [0.05, 0.1) is 24.8 Å². The molecule has 0 spiro atoms. The number of hydrogen-bond acceptors (Lipinski definition) is 4. The number of aromatic nitrogens is 2. The standard InChI is InChI=1S/C17H18F3N3O/c1-11-6-14(17(18,19)20)8-16(22-11)23-15-10-24-9-13(15)7-12-2-4-21-5-3-12/h2-6,8,13,15H,7,9-10H2,1H3,(H,22,23)/t13-,15+/m1/s1. The van der Waals surface area contributed by atoms with E-state index < -0.39 is 11.7 Å². The van der Waals surface area contributed by atoms with Gasteiger partial charge in [0.1, 0.15) is 5.82 Å². The fourth-order valence-electron chi connectivity index (χ4n) is 2.88. The Bertz CT molecular complexity index is 691. The van der Waals surface area contributed by atoms with Crippen molar-refractivity contribution in [3.05, 3.63) is 53.5 Å². The molecule has 128 valence electrons. The normalized spacial score (nSPS) is 21.0. The first kappa shape index (κ1) is 16.7. The van der Waals surface area contributed by atoms with Crippen molar-refractivity contribution in [1.82, 2.24) is 9.97 Å². The fraction of sp³-hybridized carbons (Fsp3) is 0.412. The van der Waals surface area contributed by atoms with Crippen LogP contribution in [0.1, 0.15) is 16.8 Å². The average Bonchev–Trinajstić information content (AvgIpc) is 2.94. The number of nitrogens with one attached hydrogen (secondary N) is 1. The summed E-state index contributed by atoms with van der Waals surface area (Å²) in [5, 5.41) is 3.11. The van der Waals surface area contributed by atoms with Crippen molar-refractivity contribution in [2.24, 2.45) is 5.92 Å². The van der Waals surface area contributed by atoms with Gasteiger partial charge < -0.3 is 10.1 Å². The first-order valence-electron chi connectivity index (χ1n) is 7.71. The monoisotopic (exact) mass is 337 g/mol. The van der Waals surface area contributed by atoms with Gasteiger partial charge in [-0.25, -0.2) is 4.98 Å². The summed E-state index contributed by atoms with van der Waals surface area (Å²) in [7, 11) is 0. The highest BCUT2D eigenvalue weighted by molar-refractivity contribution is 5.42. The van der Waals surface area contributed by atoms with Crippen LogP contribution in [-0.4, -0.2) is 29.2 Å². The van der Waals surface area contributed by atoms with Gasteiger partial charge in [0.15, 0.2) is 0 Å². The predicted octanol–water partition coefficient (Wildman–Crippen LogP) is 3.47. The third kappa shape index (κ3) is 4.03. The van der Waals surface area contributed by atoms with Crippen molar-refractivity contribution in [1.29, 1.82) is 0 Å². The van der Waals surface area contributed by atoms with Crippen LogP contribution in [0.3, 0.4) is 0 Å². The molecule has 3 rings (SSSR count). The van der Waals surface area contributed by atoms with E-state index in [2.05, 4.69) is 15.3 Å². The predicted molar refractivity (Wildman–Crippen MR) is 83.6 cm³/mol. The minimum atomic E-state index is -4.38. The number of rotatable bonds is 4. The molecule has 1 aliphatic rings. The number of anilines is 1. The van der Waals surface area contributed by atoms with Gasteiger partial charge in [-0.3, -0.25) is 4.98 Å². The molecule has 0 unspecified atom stereocenters. The molecule has 0 radical (unpaired) electrons. The van der Waals surface area contributed by atoms with E-state index in [1.165, 1.54) is 0 Å². The zero-order chi connectivity index (χ0) is 17.2. The van der Waals surface area contributed by atoms with Crippen LogP contribution in [0.4, 0.5) is 19.0 Å². The van der Waals surface area contributed by atoms with Gasteiger partial charge in [-0.2, -0.15) is 13.2 Å². The Hall–Kier alpha value is -2.15. The van der Waals surface area contributed by atoms with E-state index in [0.29, 0.717) is 18.9 Å². The van der Waals surface area contributed by atoms with Crippen LogP contribution in [0, 0.1) is 12.8 Å². The molecule has 0 saturated carbocycles. The number of aryl methyl sites for hydroxylation is 1. The number of hydrogen-bond donors (Lipinski definition) is 1. The third-order valence-corrected chi connectivity index (χ3v) is 4.06. The van der Waals surface area contributed by atoms with Gasteiger partial charge in [-0.1, -0.05) is 0 Å². The second-order valence-corrected chi connectivity index (χ2v) is 5.99. The van der Waals surface area contributed by atoms with E-state index in [9.17, 15) is 13.2 Å². The van der Waals surface area contributed by atoms with Crippen molar-refractivity contribution >= 4 is 5.82 Å². The largest absolute Gasteiger partial charge is 0.416 e. The highest BCUT2D eigenvalue weighted by Crippen LogP contribution is 2.31. The maximum absolute atomic E-state index is 12.9. The topological polar surface area (TPSA) is 47.0 Å². The molecule has 2 aromatic rings. The van der Waals surface area contributed by atoms with E-state index in [0.717, 1.165) is 24.1 Å². The van der Waals surface area contributed by atoms with Crippen LogP contribution >= 0.6 is 0 Å². The van der Waals surface area contributed by atoms with Gasteiger partial charge in [0.2, 0.25) is 0 Å². The average molecular weight is 337 g/mol. The molecule has 1 N–H and O–H groups in total. The molecule has 0 bridgehead atoms. The second-order valence-electron chi connectivity index (χ2n) is 5.99. The SMILES string of the molecule is Cc1cc(C(F)(F)F)cc(N[C@H]2COC[C@H]2Cc2ccncc2)n1. The quantitative estimate of drug-likeness (QED) is 0.928. The summed E-state index contributed by atoms with van der Waals surface area (Å²) < 4.78 is 44.3. The summed E-state index contributed by atoms with van der Waals surface area (Å²) >= 11 is 0. The highest BCUT2D eigenvalue weighted by atomic mass is 19.4. The molecular weight excluding hydrogens is 319 g/mol. The van der Waals surface area contributed by atoms with Gasteiger partial charge >= 0.3 is 6.18 Å². The molecule has 3 heterocycles. The summed E-state index contributed by atoms with van der Waals surface area (Å²) in [6.45, 7) is 2.57. The molecule has 1 saturated heterocycles. The molecule has 2 aromatic heterocycles. The van der Waals surface area contributed by atoms with Crippen LogP contribution < -0.4 is 5.32 Å². The molecule has 1 fully saturated rings. The van der Waals surface area contributed by atoms with Crippen molar-refractivity contribution in [3.8, 4) is 0 Å². The lowest BCUT2D eigenvalue weighted by atomic mass is 9.95. The van der Waals surface area contributed by atoms with E-state index >= 15 is 0 Å². The Morgan fingerprint density at radius 3 is 2.67 bits per heavy atom. The maximum atomic E-state index is 12.9. The first-order valence-corrected chi connectivity index (χ1v) is 7.71. The number of alkyl halides is 3. The molecule has 4 nitrogen and oxygen atoms in total. The van der Waals surface area contributed by atoms with Gasteiger partial charge in [-0.05, 0) is 43.2 Å². The Morgan fingerprint density at radius 1 is 1.21 bits per heavy atom. The zero-order valence-corrected chi connectivity index (χ0v) is 13.2. The fourth-order valence-corrected chi connectivity index (χ4v) is 2.88. The molecule has 24 heavy (non-hydrogen) atoms. The molecule has 0 amide bonds. The molecule has 7 heteroatoms. The summed E-state index contributed by atoms with van der Waals surface area (Å²) in [6, 6.07) is 5.89. The highest BCUT2D eigenvalue weighted by Gasteiger charge is 2.33. The molecular formula is C17H18F3N3O. The van der Waals surface area contributed by atoms with E-state index in [-0.39, 0.29) is 17.8 Å². The van der Waals surface area contributed by atoms with Crippen LogP contribution in [0.25, 0.3) is 0 Å². The molecule has 0 aliphatic carbocycles. The van der Waals surface area contributed by atoms with Crippen LogP contribution in [0.2, 0.25) is 0 Å². The smallest absolute Gasteiger partial charge is 0.379 e. The number of ether oxygens (including phenoxy) is 1. The number of pyridine rings is 2. The van der Waals surface area contributed by atoms with Gasteiger partial charge in [0, 0.05) is 24.0 Å². The van der Waals surface area contributed by atoms with E-state index in [4.69, 9.17) is 4.74 Å². The van der Waals surface area contributed by atoms with Gasteiger partial charge in [0.25, 0.3) is 0 Å².